The zero-order chi connectivity index (χ0) is 12.5. The minimum atomic E-state index is 0.257. The van der Waals surface area contributed by atoms with Crippen LogP contribution in [0, 0.1) is 11.2 Å². The molecule has 0 amide bonds. The summed E-state index contributed by atoms with van der Waals surface area (Å²) in [6.07, 6.45) is 5.56. The molecule has 0 aromatic heterocycles. The molecule has 2 nitrogen and oxygen atoms in total. The smallest absolute Gasteiger partial charge is 0.269 e. The zero-order valence-electron chi connectivity index (χ0n) is 10.4. The summed E-state index contributed by atoms with van der Waals surface area (Å²) in [5.74, 6) is 2.42. The van der Waals surface area contributed by atoms with Gasteiger partial charge in [0.05, 0.1) is 0 Å². The molecule has 1 fully saturated rings. The van der Waals surface area contributed by atoms with E-state index in [4.69, 9.17) is 16.9 Å². The molecule has 0 saturated carbocycles. The maximum atomic E-state index is 9.03. The topological polar surface area (TPSA) is 27.0 Å². The van der Waals surface area contributed by atoms with Crippen molar-refractivity contribution < 1.29 is 0 Å². The molecule has 3 rings (SSSR count). The van der Waals surface area contributed by atoms with Gasteiger partial charge in [0.25, 0.3) is 6.71 Å². The van der Waals surface area contributed by atoms with Crippen LogP contribution in [0.5, 0.6) is 0 Å². The quantitative estimate of drug-likeness (QED) is 0.722. The average molecular weight is 259 g/mol. The number of rotatable bonds is 1. The number of nitriles is 1. The van der Waals surface area contributed by atoms with E-state index in [-0.39, 0.29) is 6.71 Å². The Hall–Kier alpha value is -1.14. The lowest BCUT2D eigenvalue weighted by Crippen LogP contribution is -2.37. The Kier molecular flexibility index (Phi) is 3.22. The molecule has 1 saturated heterocycles. The van der Waals surface area contributed by atoms with Crippen LogP contribution in [0.2, 0.25) is 17.7 Å². The number of anilines is 1. The second-order valence-corrected chi connectivity index (χ2v) is 5.80. The number of benzene rings is 1. The van der Waals surface area contributed by atoms with Crippen molar-refractivity contribution in [3.8, 4) is 5.97 Å². The van der Waals surface area contributed by atoms with E-state index in [0.717, 1.165) is 37.0 Å². The lowest BCUT2D eigenvalue weighted by molar-refractivity contribution is 0.595. The van der Waals surface area contributed by atoms with Crippen LogP contribution in [0.15, 0.2) is 18.2 Å². The van der Waals surface area contributed by atoms with E-state index in [0.29, 0.717) is 6.04 Å². The van der Waals surface area contributed by atoms with Crippen molar-refractivity contribution in [2.24, 2.45) is 0 Å². The molecule has 18 heavy (non-hydrogen) atoms. The van der Waals surface area contributed by atoms with Gasteiger partial charge < -0.3 is 4.90 Å². The van der Waals surface area contributed by atoms with E-state index in [1.54, 1.807) is 0 Å². The molecule has 1 atom stereocenters. The highest BCUT2D eigenvalue weighted by atomic mass is 35.5. The predicted molar refractivity (Wildman–Crippen MR) is 76.5 cm³/mol. The van der Waals surface area contributed by atoms with Crippen molar-refractivity contribution in [1.82, 2.24) is 0 Å². The van der Waals surface area contributed by atoms with Crippen LogP contribution >= 0.6 is 11.6 Å². The number of aryl methyl sites for hydroxylation is 1. The molecule has 1 aromatic carbocycles. The third-order valence-corrected chi connectivity index (χ3v) is 4.46. The Morgan fingerprint density at radius 2 is 2.33 bits per heavy atom. The number of hydrogen-bond donors (Lipinski definition) is 0. The van der Waals surface area contributed by atoms with E-state index < -0.39 is 0 Å². The van der Waals surface area contributed by atoms with Gasteiger partial charge in [0.15, 0.2) is 0 Å². The summed E-state index contributed by atoms with van der Waals surface area (Å²) in [5, 5.41) is 9.86. The summed E-state index contributed by atoms with van der Waals surface area (Å²) >= 11 is 6.07. The van der Waals surface area contributed by atoms with Crippen molar-refractivity contribution in [2.45, 2.75) is 37.9 Å². The average Bonchev–Trinajstić information content (AvgIpc) is 2.86. The van der Waals surface area contributed by atoms with Crippen molar-refractivity contribution in [1.29, 1.82) is 5.26 Å². The highest BCUT2D eigenvalue weighted by Gasteiger charge is 2.33. The summed E-state index contributed by atoms with van der Waals surface area (Å²) < 4.78 is 0. The first kappa shape index (κ1) is 11.9. The molecule has 1 aromatic rings. The summed E-state index contributed by atoms with van der Waals surface area (Å²) in [6.45, 7) is 1.38. The molecule has 0 aliphatic carbocycles. The SMILES string of the molecule is N#CB1CCC(N2CCCc3cc(Cl)ccc32)C1. The molecule has 2 heterocycles. The maximum absolute atomic E-state index is 9.03. The summed E-state index contributed by atoms with van der Waals surface area (Å²) in [4.78, 5) is 2.51. The molecule has 4 heteroatoms. The Morgan fingerprint density at radius 1 is 1.44 bits per heavy atom. The number of halogens is 1. The summed E-state index contributed by atoms with van der Waals surface area (Å²) in [7, 11) is 0. The number of fused-ring (bicyclic) bond motifs is 1. The normalized spacial score (nSPS) is 22.8. The summed E-state index contributed by atoms with van der Waals surface area (Å²) in [5.41, 5.74) is 2.71. The lowest BCUT2D eigenvalue weighted by atomic mass is 9.50. The highest BCUT2D eigenvalue weighted by molar-refractivity contribution is 6.67. The molecular weight excluding hydrogens is 242 g/mol. The van der Waals surface area contributed by atoms with Crippen molar-refractivity contribution in [2.75, 3.05) is 11.4 Å². The van der Waals surface area contributed by atoms with Crippen LogP contribution < -0.4 is 4.90 Å². The van der Waals surface area contributed by atoms with Crippen LogP contribution in [0.4, 0.5) is 5.69 Å². The second kappa shape index (κ2) is 4.86. The second-order valence-electron chi connectivity index (χ2n) is 5.36. The van der Waals surface area contributed by atoms with E-state index in [9.17, 15) is 0 Å². The molecular formula is C14H16BClN2. The van der Waals surface area contributed by atoms with Crippen LogP contribution in [-0.2, 0) is 6.42 Å². The Balaban J connectivity index is 1.86. The zero-order valence-corrected chi connectivity index (χ0v) is 11.2. The first-order valence-corrected chi connectivity index (χ1v) is 7.10. The molecule has 92 valence electrons. The van der Waals surface area contributed by atoms with Crippen LogP contribution in [0.3, 0.4) is 0 Å². The molecule has 2 aliphatic heterocycles. The fourth-order valence-electron chi connectivity index (χ4n) is 3.33. The molecule has 0 radical (unpaired) electrons. The lowest BCUT2D eigenvalue weighted by Gasteiger charge is -2.36. The first-order valence-electron chi connectivity index (χ1n) is 6.72. The molecule has 0 N–H and O–H groups in total. The Bertz CT molecular complexity index is 497. The van der Waals surface area contributed by atoms with Gasteiger partial charge in [-0.1, -0.05) is 17.9 Å². The van der Waals surface area contributed by atoms with Gasteiger partial charge in [-0.25, -0.2) is 5.26 Å². The molecule has 0 spiro atoms. The van der Waals surface area contributed by atoms with Gasteiger partial charge in [0, 0.05) is 29.3 Å². The van der Waals surface area contributed by atoms with Gasteiger partial charge >= 0.3 is 0 Å². The third-order valence-electron chi connectivity index (χ3n) is 4.22. The van der Waals surface area contributed by atoms with Crippen molar-refractivity contribution in [3.05, 3.63) is 28.8 Å². The standard InChI is InChI=1S/C14H16BClN2/c16-12-3-4-14-11(8-12)2-1-7-18(14)13-5-6-15(9-13)10-17/h3-4,8,13H,1-2,5-7,9H2. The largest absolute Gasteiger partial charge is 0.369 e. The maximum Gasteiger partial charge on any atom is 0.269 e. The van der Waals surface area contributed by atoms with Gasteiger partial charge in [-0.05, 0) is 49.3 Å². The van der Waals surface area contributed by atoms with Gasteiger partial charge in [0.1, 0.15) is 0 Å². The molecule has 2 aliphatic rings. The minimum absolute atomic E-state index is 0.257. The highest BCUT2D eigenvalue weighted by Crippen LogP contribution is 2.35. The van der Waals surface area contributed by atoms with Crippen molar-refractivity contribution >= 4 is 24.0 Å². The number of nitrogens with zero attached hydrogens (tertiary/aromatic N) is 2. The van der Waals surface area contributed by atoms with Gasteiger partial charge in [0.2, 0.25) is 0 Å². The van der Waals surface area contributed by atoms with E-state index in [1.165, 1.54) is 17.7 Å². The fraction of sp³-hybridized carbons (Fsp3) is 0.500. The first-order chi connectivity index (χ1) is 8.78. The van der Waals surface area contributed by atoms with Gasteiger partial charge in [-0.2, -0.15) is 0 Å². The number of hydrogen-bond acceptors (Lipinski definition) is 2. The van der Waals surface area contributed by atoms with Gasteiger partial charge in [-0.15, -0.1) is 0 Å². The van der Waals surface area contributed by atoms with Crippen LogP contribution in [0.1, 0.15) is 18.4 Å². The van der Waals surface area contributed by atoms with Crippen molar-refractivity contribution in [3.63, 3.8) is 0 Å². The Labute approximate surface area is 114 Å². The van der Waals surface area contributed by atoms with Crippen LogP contribution in [0.25, 0.3) is 0 Å². The predicted octanol–water partition coefficient (Wildman–Crippen LogP) is 3.42. The van der Waals surface area contributed by atoms with E-state index >= 15 is 0 Å². The van der Waals surface area contributed by atoms with Gasteiger partial charge in [-0.3, -0.25) is 0 Å². The monoisotopic (exact) mass is 258 g/mol. The third kappa shape index (κ3) is 2.10. The van der Waals surface area contributed by atoms with Crippen LogP contribution in [-0.4, -0.2) is 19.3 Å². The Morgan fingerprint density at radius 3 is 3.11 bits per heavy atom. The van der Waals surface area contributed by atoms with E-state index in [2.05, 4.69) is 23.0 Å². The molecule has 0 bridgehead atoms. The molecule has 1 unspecified atom stereocenters. The summed E-state index contributed by atoms with van der Waals surface area (Å²) in [6, 6.07) is 6.78. The fourth-order valence-corrected chi connectivity index (χ4v) is 3.53. The van der Waals surface area contributed by atoms with E-state index in [1.807, 2.05) is 6.07 Å². The minimum Gasteiger partial charge on any atom is -0.369 e.